The van der Waals surface area contributed by atoms with E-state index < -0.39 is 16.9 Å². The molecule has 0 aromatic heterocycles. The maximum absolute atomic E-state index is 12.5. The quantitative estimate of drug-likeness (QED) is 0.414. The highest BCUT2D eigenvalue weighted by molar-refractivity contribution is 6.20. The molecule has 5 heteroatoms. The van der Waals surface area contributed by atoms with Crippen LogP contribution in [0.2, 0.25) is 0 Å². The Hall–Kier alpha value is -1.36. The van der Waals surface area contributed by atoms with Crippen LogP contribution in [0.15, 0.2) is 17.3 Å². The van der Waals surface area contributed by atoms with E-state index in [0.717, 1.165) is 32.1 Å². The Labute approximate surface area is 112 Å². The van der Waals surface area contributed by atoms with Crippen molar-refractivity contribution in [1.82, 2.24) is 5.06 Å². The molecule has 1 saturated carbocycles. The molecule has 1 aliphatic heterocycles. The number of hydroxylamine groups is 2. The van der Waals surface area contributed by atoms with Crippen molar-refractivity contribution in [3.8, 4) is 0 Å². The van der Waals surface area contributed by atoms with Gasteiger partial charge in [0.15, 0.2) is 0 Å². The zero-order valence-corrected chi connectivity index (χ0v) is 11.0. The number of hydrogen-bond donors (Lipinski definition) is 1. The van der Waals surface area contributed by atoms with Crippen LogP contribution in [0.1, 0.15) is 51.4 Å². The van der Waals surface area contributed by atoms with Crippen LogP contribution in [0.3, 0.4) is 0 Å². The summed E-state index contributed by atoms with van der Waals surface area (Å²) in [6, 6.07) is 0. The predicted octanol–water partition coefficient (Wildman–Crippen LogP) is 2.59. The molecule has 3 rings (SSSR count). The molecule has 1 N–H and O–H groups in total. The summed E-state index contributed by atoms with van der Waals surface area (Å²) in [7, 11) is 0. The van der Waals surface area contributed by atoms with Crippen molar-refractivity contribution >= 4 is 11.6 Å². The second-order valence-corrected chi connectivity index (χ2v) is 5.91. The van der Waals surface area contributed by atoms with E-state index in [1.54, 1.807) is 6.08 Å². The fraction of sp³-hybridized carbons (Fsp3) is 0.714. The molecule has 2 aliphatic carbocycles. The lowest BCUT2D eigenvalue weighted by Gasteiger charge is -2.42. The van der Waals surface area contributed by atoms with Crippen molar-refractivity contribution in [2.75, 3.05) is 0 Å². The van der Waals surface area contributed by atoms with Gasteiger partial charge in [-0.05, 0) is 32.1 Å². The highest BCUT2D eigenvalue weighted by atomic mass is 16.5. The van der Waals surface area contributed by atoms with Crippen LogP contribution in [0.4, 0.5) is 0 Å². The van der Waals surface area contributed by atoms with Gasteiger partial charge in [0.05, 0.1) is 11.0 Å². The van der Waals surface area contributed by atoms with Crippen LogP contribution in [0.5, 0.6) is 0 Å². The first kappa shape index (κ1) is 12.7. The topological polar surface area (TPSA) is 76.0 Å². The molecule has 1 saturated heterocycles. The SMILES string of the molecule is O=C1N([O-])C2(C=CCCC2)C(=NO)C12CCCCC2. The van der Waals surface area contributed by atoms with Gasteiger partial charge in [-0.15, -0.1) is 0 Å². The number of hydrogen-bond acceptors (Lipinski definition) is 4. The predicted molar refractivity (Wildman–Crippen MR) is 70.7 cm³/mol. The average Bonchev–Trinajstić information content (AvgIpc) is 2.61. The number of carbonyl (C=O) groups excluding carboxylic acids is 1. The normalized spacial score (nSPS) is 35.7. The van der Waals surface area contributed by atoms with E-state index in [4.69, 9.17) is 0 Å². The molecule has 1 unspecified atom stereocenters. The Morgan fingerprint density at radius 1 is 1.21 bits per heavy atom. The Bertz CT molecular complexity index is 452. The Morgan fingerprint density at radius 3 is 2.53 bits per heavy atom. The van der Waals surface area contributed by atoms with Gasteiger partial charge in [-0.1, -0.05) is 36.6 Å². The number of rotatable bonds is 0. The molecule has 19 heavy (non-hydrogen) atoms. The zero-order valence-electron chi connectivity index (χ0n) is 11.0. The number of carbonyl (C=O) groups is 1. The molecule has 1 heterocycles. The summed E-state index contributed by atoms with van der Waals surface area (Å²) in [5, 5.41) is 26.0. The molecule has 1 atom stereocenters. The van der Waals surface area contributed by atoms with Crippen molar-refractivity contribution < 1.29 is 10.0 Å². The standard InChI is InChI=1S/C14H19N2O3/c17-12-13(7-3-1-4-8-13)11(15-18)14(16(12)19)9-5-2-6-10-14/h5,9,18H,1-4,6-8,10H2/q-1. The van der Waals surface area contributed by atoms with Gasteiger partial charge in [0, 0.05) is 0 Å². The molecule has 5 nitrogen and oxygen atoms in total. The smallest absolute Gasteiger partial charge is 0.225 e. The van der Waals surface area contributed by atoms with Crippen LogP contribution < -0.4 is 0 Å². The minimum Gasteiger partial charge on any atom is -0.755 e. The number of oxime groups is 1. The maximum Gasteiger partial charge on any atom is 0.225 e. The van der Waals surface area contributed by atoms with Crippen LogP contribution in [0.25, 0.3) is 0 Å². The van der Waals surface area contributed by atoms with Crippen LogP contribution in [-0.2, 0) is 4.79 Å². The van der Waals surface area contributed by atoms with Crippen molar-refractivity contribution in [3.05, 3.63) is 17.4 Å². The lowest BCUT2D eigenvalue weighted by atomic mass is 9.67. The maximum atomic E-state index is 12.5. The van der Waals surface area contributed by atoms with E-state index in [1.807, 2.05) is 6.08 Å². The number of allylic oxidation sites excluding steroid dienone is 1. The third kappa shape index (κ3) is 1.51. The highest BCUT2D eigenvalue weighted by Gasteiger charge is 2.61. The molecule has 0 radical (unpaired) electrons. The lowest BCUT2D eigenvalue weighted by molar-refractivity contribution is -0.135. The molecule has 2 fully saturated rings. The van der Waals surface area contributed by atoms with Gasteiger partial charge in [0.25, 0.3) is 0 Å². The highest BCUT2D eigenvalue weighted by Crippen LogP contribution is 2.51. The monoisotopic (exact) mass is 263 g/mol. The molecule has 3 aliphatic rings. The van der Waals surface area contributed by atoms with Crippen molar-refractivity contribution in [2.24, 2.45) is 10.6 Å². The Balaban J connectivity index is 2.11. The third-order valence-corrected chi connectivity index (χ3v) is 4.95. The molecular weight excluding hydrogens is 244 g/mol. The number of nitrogens with zero attached hydrogens (tertiary/aromatic N) is 2. The minimum atomic E-state index is -1.01. The molecule has 0 bridgehead atoms. The third-order valence-electron chi connectivity index (χ3n) is 4.95. The van der Waals surface area contributed by atoms with E-state index in [-0.39, 0.29) is 0 Å². The summed E-state index contributed by atoms with van der Waals surface area (Å²) in [4.78, 5) is 12.5. The summed E-state index contributed by atoms with van der Waals surface area (Å²) >= 11 is 0. The summed E-state index contributed by atoms with van der Waals surface area (Å²) in [6.45, 7) is 0. The van der Waals surface area contributed by atoms with E-state index in [2.05, 4.69) is 5.16 Å². The van der Waals surface area contributed by atoms with Gasteiger partial charge in [-0.3, -0.25) is 4.79 Å². The van der Waals surface area contributed by atoms with Gasteiger partial charge < -0.3 is 15.5 Å². The summed E-state index contributed by atoms with van der Waals surface area (Å²) in [5.74, 6) is -0.397. The summed E-state index contributed by atoms with van der Waals surface area (Å²) in [5.41, 5.74) is -1.45. The molecule has 0 aromatic rings. The van der Waals surface area contributed by atoms with E-state index in [0.29, 0.717) is 30.0 Å². The Morgan fingerprint density at radius 2 is 1.95 bits per heavy atom. The number of amides is 1. The molecule has 104 valence electrons. The first-order valence-corrected chi connectivity index (χ1v) is 7.10. The summed E-state index contributed by atoms with van der Waals surface area (Å²) < 4.78 is 0. The summed E-state index contributed by atoms with van der Waals surface area (Å²) in [6.07, 6.45) is 10.2. The van der Waals surface area contributed by atoms with Crippen LogP contribution in [0, 0.1) is 10.6 Å². The van der Waals surface area contributed by atoms with E-state index in [1.165, 1.54) is 0 Å². The second-order valence-electron chi connectivity index (χ2n) is 5.91. The minimum absolute atomic E-state index is 0.397. The van der Waals surface area contributed by atoms with Gasteiger partial charge in [0.2, 0.25) is 5.91 Å². The van der Waals surface area contributed by atoms with Crippen LogP contribution in [-0.4, -0.2) is 27.4 Å². The van der Waals surface area contributed by atoms with Gasteiger partial charge in [0.1, 0.15) is 5.71 Å². The molecular formula is C14H19N2O3-. The van der Waals surface area contributed by atoms with Crippen LogP contribution >= 0.6 is 0 Å². The fourth-order valence-electron chi connectivity index (χ4n) is 3.99. The molecule has 2 spiro atoms. The van der Waals surface area contributed by atoms with Crippen molar-refractivity contribution in [3.63, 3.8) is 0 Å². The average molecular weight is 263 g/mol. The Kier molecular flexibility index (Phi) is 2.89. The van der Waals surface area contributed by atoms with Gasteiger partial charge in [-0.25, -0.2) is 0 Å². The van der Waals surface area contributed by atoms with Crippen molar-refractivity contribution in [1.29, 1.82) is 0 Å². The zero-order chi connectivity index (χ0) is 13.5. The second kappa shape index (κ2) is 4.34. The van der Waals surface area contributed by atoms with Crippen molar-refractivity contribution in [2.45, 2.75) is 56.9 Å². The fourth-order valence-corrected chi connectivity index (χ4v) is 3.99. The largest absolute Gasteiger partial charge is 0.755 e. The lowest BCUT2D eigenvalue weighted by Crippen LogP contribution is -2.46. The first-order valence-electron chi connectivity index (χ1n) is 7.10. The first-order chi connectivity index (χ1) is 9.17. The van der Waals surface area contributed by atoms with Gasteiger partial charge >= 0.3 is 0 Å². The van der Waals surface area contributed by atoms with Gasteiger partial charge in [-0.2, -0.15) is 0 Å². The van der Waals surface area contributed by atoms with E-state index in [9.17, 15) is 15.2 Å². The molecule has 1 amide bonds. The van der Waals surface area contributed by atoms with E-state index >= 15 is 0 Å². The molecule has 0 aromatic carbocycles.